The van der Waals surface area contributed by atoms with E-state index in [2.05, 4.69) is 10.0 Å². The van der Waals surface area contributed by atoms with Crippen molar-refractivity contribution in [3.63, 3.8) is 0 Å². The maximum atomic E-state index is 12.7. The molecule has 0 atom stereocenters. The van der Waals surface area contributed by atoms with Crippen LogP contribution in [0.1, 0.15) is 20.0 Å². The molecule has 0 saturated carbocycles. The number of carbonyl (C=O) groups is 2. The zero-order valence-electron chi connectivity index (χ0n) is 15.1. The van der Waals surface area contributed by atoms with Crippen molar-refractivity contribution in [2.45, 2.75) is 4.90 Å². The minimum Gasteiger partial charge on any atom is -0.497 e. The molecule has 0 bridgehead atoms. The topological polar surface area (TPSA) is 122 Å². The SMILES string of the molecule is COc1ccc(NS(=O)(=O)c2ccsc2C(=O)Nc2cccc(C(=O)O)c2)cc1. The highest BCUT2D eigenvalue weighted by molar-refractivity contribution is 7.93. The Morgan fingerprint density at radius 2 is 1.76 bits per heavy atom. The predicted octanol–water partition coefficient (Wildman–Crippen LogP) is 3.51. The van der Waals surface area contributed by atoms with Gasteiger partial charge < -0.3 is 15.2 Å². The number of carbonyl (C=O) groups excluding carboxylic acids is 1. The summed E-state index contributed by atoms with van der Waals surface area (Å²) in [7, 11) is -2.51. The van der Waals surface area contributed by atoms with Crippen LogP contribution in [0, 0.1) is 0 Å². The summed E-state index contributed by atoms with van der Waals surface area (Å²) >= 11 is 0.963. The molecule has 150 valence electrons. The van der Waals surface area contributed by atoms with Crippen LogP contribution in [-0.4, -0.2) is 32.5 Å². The zero-order valence-corrected chi connectivity index (χ0v) is 16.7. The normalized spacial score (nSPS) is 10.9. The second-order valence-electron chi connectivity index (χ2n) is 5.79. The number of nitrogens with one attached hydrogen (secondary N) is 2. The lowest BCUT2D eigenvalue weighted by Gasteiger charge is -2.10. The maximum absolute atomic E-state index is 12.7. The van der Waals surface area contributed by atoms with Crippen LogP contribution in [-0.2, 0) is 10.0 Å². The molecule has 0 aliphatic carbocycles. The molecule has 2 aromatic carbocycles. The van der Waals surface area contributed by atoms with Gasteiger partial charge in [0.05, 0.1) is 12.7 Å². The number of ether oxygens (including phenoxy) is 1. The summed E-state index contributed by atoms with van der Waals surface area (Å²) in [5.74, 6) is -1.21. The van der Waals surface area contributed by atoms with Crippen LogP contribution < -0.4 is 14.8 Å². The molecule has 1 heterocycles. The van der Waals surface area contributed by atoms with E-state index < -0.39 is 21.9 Å². The van der Waals surface area contributed by atoms with Crippen LogP contribution in [0.3, 0.4) is 0 Å². The summed E-state index contributed by atoms with van der Waals surface area (Å²) in [5.41, 5.74) is 0.565. The number of rotatable bonds is 7. The van der Waals surface area contributed by atoms with Gasteiger partial charge in [0, 0.05) is 11.4 Å². The van der Waals surface area contributed by atoms with E-state index in [1.807, 2.05) is 0 Å². The number of carboxylic acid groups (broad SMARTS) is 1. The molecular formula is C19H16N2O6S2. The Hall–Kier alpha value is -3.37. The molecular weight excluding hydrogens is 416 g/mol. The second kappa shape index (κ2) is 8.33. The van der Waals surface area contributed by atoms with Gasteiger partial charge in [-0.15, -0.1) is 11.3 Å². The first kappa shape index (κ1) is 20.4. The number of benzene rings is 2. The predicted molar refractivity (Wildman–Crippen MR) is 109 cm³/mol. The molecule has 10 heteroatoms. The number of amides is 1. The van der Waals surface area contributed by atoms with Crippen LogP contribution >= 0.6 is 11.3 Å². The van der Waals surface area contributed by atoms with Gasteiger partial charge in [-0.3, -0.25) is 9.52 Å². The molecule has 0 unspecified atom stereocenters. The highest BCUT2D eigenvalue weighted by atomic mass is 32.2. The van der Waals surface area contributed by atoms with E-state index in [0.29, 0.717) is 11.4 Å². The number of sulfonamides is 1. The van der Waals surface area contributed by atoms with Gasteiger partial charge in [-0.2, -0.15) is 0 Å². The summed E-state index contributed by atoms with van der Waals surface area (Å²) in [5, 5.41) is 13.1. The fourth-order valence-electron chi connectivity index (χ4n) is 2.46. The molecule has 3 aromatic rings. The third kappa shape index (κ3) is 4.73. The van der Waals surface area contributed by atoms with E-state index >= 15 is 0 Å². The van der Waals surface area contributed by atoms with Gasteiger partial charge in [0.15, 0.2) is 0 Å². The lowest BCUT2D eigenvalue weighted by atomic mass is 10.2. The van der Waals surface area contributed by atoms with E-state index in [1.54, 1.807) is 24.3 Å². The first-order valence-electron chi connectivity index (χ1n) is 8.19. The fourth-order valence-corrected chi connectivity index (χ4v) is 4.84. The van der Waals surface area contributed by atoms with Crippen molar-refractivity contribution in [1.82, 2.24) is 0 Å². The van der Waals surface area contributed by atoms with Gasteiger partial charge >= 0.3 is 5.97 Å². The first-order valence-corrected chi connectivity index (χ1v) is 10.6. The number of anilines is 2. The van der Waals surface area contributed by atoms with E-state index in [9.17, 15) is 18.0 Å². The Morgan fingerprint density at radius 3 is 2.41 bits per heavy atom. The van der Waals surface area contributed by atoms with Gasteiger partial charge in [-0.05, 0) is 53.9 Å². The molecule has 8 nitrogen and oxygen atoms in total. The fraction of sp³-hybridized carbons (Fsp3) is 0.0526. The van der Waals surface area contributed by atoms with Gasteiger partial charge in [0.2, 0.25) is 0 Å². The highest BCUT2D eigenvalue weighted by Gasteiger charge is 2.24. The highest BCUT2D eigenvalue weighted by Crippen LogP contribution is 2.26. The molecule has 3 N–H and O–H groups in total. The Balaban J connectivity index is 1.82. The largest absolute Gasteiger partial charge is 0.497 e. The van der Waals surface area contributed by atoms with Gasteiger partial charge in [-0.1, -0.05) is 6.07 Å². The Labute approximate surface area is 170 Å². The first-order chi connectivity index (χ1) is 13.8. The molecule has 1 aromatic heterocycles. The minimum atomic E-state index is -4.01. The van der Waals surface area contributed by atoms with Gasteiger partial charge in [-0.25, -0.2) is 13.2 Å². The van der Waals surface area contributed by atoms with Crippen LogP contribution in [0.5, 0.6) is 5.75 Å². The summed E-state index contributed by atoms with van der Waals surface area (Å²) in [6.45, 7) is 0. The number of aromatic carboxylic acids is 1. The Morgan fingerprint density at radius 1 is 1.03 bits per heavy atom. The lowest BCUT2D eigenvalue weighted by Crippen LogP contribution is -2.18. The Bertz CT molecular complexity index is 1150. The van der Waals surface area contributed by atoms with Crippen molar-refractivity contribution < 1.29 is 27.9 Å². The van der Waals surface area contributed by atoms with Gasteiger partial charge in [0.25, 0.3) is 15.9 Å². The van der Waals surface area contributed by atoms with E-state index in [1.165, 1.54) is 42.8 Å². The molecule has 0 fully saturated rings. The quantitative estimate of drug-likeness (QED) is 0.525. The molecule has 1 amide bonds. The maximum Gasteiger partial charge on any atom is 0.335 e. The minimum absolute atomic E-state index is 0.00277. The summed E-state index contributed by atoms with van der Waals surface area (Å²) < 4.78 is 32.9. The Kier molecular flexibility index (Phi) is 5.85. The van der Waals surface area contributed by atoms with Crippen LogP contribution in [0.25, 0.3) is 0 Å². The zero-order chi connectivity index (χ0) is 21.0. The van der Waals surface area contributed by atoms with E-state index in [0.717, 1.165) is 11.3 Å². The number of hydrogen-bond acceptors (Lipinski definition) is 6. The smallest absolute Gasteiger partial charge is 0.335 e. The molecule has 0 radical (unpaired) electrons. The van der Waals surface area contributed by atoms with E-state index in [4.69, 9.17) is 9.84 Å². The molecule has 0 aliphatic rings. The van der Waals surface area contributed by atoms with Crippen molar-refractivity contribution in [3.8, 4) is 5.75 Å². The van der Waals surface area contributed by atoms with Crippen LogP contribution in [0.2, 0.25) is 0 Å². The third-order valence-corrected chi connectivity index (χ3v) is 6.30. The second-order valence-corrected chi connectivity index (χ2v) is 8.35. The van der Waals surface area contributed by atoms with Crippen molar-refractivity contribution in [1.29, 1.82) is 0 Å². The molecule has 0 aliphatic heterocycles. The molecule has 0 spiro atoms. The average Bonchev–Trinajstić information content (AvgIpc) is 3.20. The standard InChI is InChI=1S/C19H16N2O6S2/c1-27-15-7-5-13(6-8-15)21-29(25,26)16-9-10-28-17(16)18(22)20-14-4-2-3-12(11-14)19(23)24/h2-11,21H,1H3,(H,20,22)(H,23,24). The average molecular weight is 432 g/mol. The van der Waals surface area contributed by atoms with Crippen molar-refractivity contribution in [2.24, 2.45) is 0 Å². The summed E-state index contributed by atoms with van der Waals surface area (Å²) in [6, 6.07) is 13.3. The number of carboxylic acids is 1. The summed E-state index contributed by atoms with van der Waals surface area (Å²) in [4.78, 5) is 23.5. The van der Waals surface area contributed by atoms with E-state index in [-0.39, 0.29) is 21.0 Å². The molecule has 0 saturated heterocycles. The lowest BCUT2D eigenvalue weighted by molar-refractivity contribution is 0.0696. The monoisotopic (exact) mass is 432 g/mol. The van der Waals surface area contributed by atoms with Gasteiger partial charge in [0.1, 0.15) is 15.5 Å². The molecule has 3 rings (SSSR count). The van der Waals surface area contributed by atoms with Crippen molar-refractivity contribution in [2.75, 3.05) is 17.1 Å². The number of thiophene rings is 1. The number of methoxy groups -OCH3 is 1. The number of hydrogen-bond donors (Lipinski definition) is 3. The summed E-state index contributed by atoms with van der Waals surface area (Å²) in [6.07, 6.45) is 0. The molecule has 29 heavy (non-hydrogen) atoms. The van der Waals surface area contributed by atoms with Crippen LogP contribution in [0.15, 0.2) is 64.9 Å². The van der Waals surface area contributed by atoms with Crippen molar-refractivity contribution in [3.05, 3.63) is 70.4 Å². The van der Waals surface area contributed by atoms with Crippen molar-refractivity contribution >= 4 is 44.6 Å². The third-order valence-electron chi connectivity index (χ3n) is 3.83. The van der Waals surface area contributed by atoms with Crippen LogP contribution in [0.4, 0.5) is 11.4 Å².